The highest BCUT2D eigenvalue weighted by molar-refractivity contribution is 4.98. The maximum atomic E-state index is 4.21. The second-order valence-corrected chi connectivity index (χ2v) is 4.75. The first-order valence-corrected chi connectivity index (χ1v) is 7.29. The van der Waals surface area contributed by atoms with Crippen molar-refractivity contribution in [1.29, 1.82) is 0 Å². The van der Waals surface area contributed by atoms with Crippen molar-refractivity contribution in [3.63, 3.8) is 0 Å². The van der Waals surface area contributed by atoms with Gasteiger partial charge < -0.3 is 0 Å². The molecule has 0 aromatic carbocycles. The van der Waals surface area contributed by atoms with E-state index < -0.39 is 0 Å². The van der Waals surface area contributed by atoms with Crippen LogP contribution in [0, 0.1) is 11.8 Å². The molecule has 0 radical (unpaired) electrons. The first kappa shape index (κ1) is 18.1. The summed E-state index contributed by atoms with van der Waals surface area (Å²) >= 11 is 0. The molecule has 0 aromatic heterocycles. The lowest BCUT2D eigenvalue weighted by Crippen LogP contribution is -2.01. The van der Waals surface area contributed by atoms with E-state index >= 15 is 0 Å². The number of hydrogen-bond donors (Lipinski definition) is 0. The molecule has 0 aliphatic carbocycles. The van der Waals surface area contributed by atoms with Gasteiger partial charge in [-0.15, -0.1) is 0 Å². The summed E-state index contributed by atoms with van der Waals surface area (Å²) in [5.74, 6) is 1.60. The molecule has 0 spiro atoms. The molecule has 0 aliphatic rings. The number of rotatable bonds is 8. The lowest BCUT2D eigenvalue weighted by atomic mass is 9.90. The van der Waals surface area contributed by atoms with Gasteiger partial charge in [-0.05, 0) is 31.1 Å². The van der Waals surface area contributed by atoms with Crippen LogP contribution >= 0.6 is 0 Å². The smallest absolute Gasteiger partial charge is 0.0234 e. The average molecular weight is 226 g/mol. The Bertz CT molecular complexity index is 146. The topological polar surface area (TPSA) is 0 Å². The van der Waals surface area contributed by atoms with Crippen LogP contribution in [-0.2, 0) is 0 Å². The Balaban J connectivity index is 0. The summed E-state index contributed by atoms with van der Waals surface area (Å²) in [4.78, 5) is 0. The van der Waals surface area contributed by atoms with Crippen LogP contribution in [0.4, 0.5) is 0 Å². The van der Waals surface area contributed by atoms with Gasteiger partial charge in [-0.25, -0.2) is 0 Å². The summed E-state index contributed by atoms with van der Waals surface area (Å²) in [7, 11) is 0. The van der Waals surface area contributed by atoms with Crippen molar-refractivity contribution in [2.75, 3.05) is 0 Å². The Morgan fingerprint density at radius 2 is 1.62 bits per heavy atom. The van der Waals surface area contributed by atoms with Crippen LogP contribution in [0.15, 0.2) is 12.2 Å². The third kappa shape index (κ3) is 10.3. The summed E-state index contributed by atoms with van der Waals surface area (Å²) in [5, 5.41) is 0. The molecule has 0 heteroatoms. The Morgan fingerprint density at radius 3 is 2.06 bits per heavy atom. The molecule has 0 nitrogen and oxygen atoms in total. The summed E-state index contributed by atoms with van der Waals surface area (Å²) in [5.41, 5.74) is 1.47. The number of hydrogen-bond acceptors (Lipinski definition) is 0. The zero-order valence-electron chi connectivity index (χ0n) is 12.6. The summed E-state index contributed by atoms with van der Waals surface area (Å²) in [6.07, 6.45) is 7.85. The van der Waals surface area contributed by atoms with Crippen LogP contribution in [0.5, 0.6) is 0 Å². The SMILES string of the molecule is C=C(CCC(C)CC)C(C)CCCC.CC. The predicted octanol–water partition coefficient (Wildman–Crippen LogP) is 6.22. The minimum Gasteiger partial charge on any atom is -0.0996 e. The van der Waals surface area contributed by atoms with Crippen molar-refractivity contribution >= 4 is 0 Å². The molecule has 0 aromatic rings. The van der Waals surface area contributed by atoms with Crippen LogP contribution in [0.25, 0.3) is 0 Å². The van der Waals surface area contributed by atoms with Gasteiger partial charge in [-0.3, -0.25) is 0 Å². The summed E-state index contributed by atoms with van der Waals surface area (Å²) in [6.45, 7) is 17.4. The predicted molar refractivity (Wildman–Crippen MR) is 77.9 cm³/mol. The molecule has 0 bridgehead atoms. The molecule has 16 heavy (non-hydrogen) atoms. The van der Waals surface area contributed by atoms with Gasteiger partial charge in [0.05, 0.1) is 0 Å². The van der Waals surface area contributed by atoms with Crippen molar-refractivity contribution in [2.24, 2.45) is 11.8 Å². The summed E-state index contributed by atoms with van der Waals surface area (Å²) < 4.78 is 0. The van der Waals surface area contributed by atoms with E-state index in [1.807, 2.05) is 13.8 Å². The van der Waals surface area contributed by atoms with Gasteiger partial charge in [0.2, 0.25) is 0 Å². The second kappa shape index (κ2) is 12.8. The molecule has 0 saturated carbocycles. The van der Waals surface area contributed by atoms with Crippen molar-refractivity contribution in [1.82, 2.24) is 0 Å². The van der Waals surface area contributed by atoms with Crippen molar-refractivity contribution in [3.8, 4) is 0 Å². The molecule has 0 N–H and O–H groups in total. The van der Waals surface area contributed by atoms with Crippen LogP contribution < -0.4 is 0 Å². The zero-order valence-corrected chi connectivity index (χ0v) is 12.6. The Kier molecular flexibility index (Phi) is 14.5. The second-order valence-electron chi connectivity index (χ2n) is 4.75. The third-order valence-corrected chi connectivity index (χ3v) is 3.34. The first-order chi connectivity index (χ1) is 7.61. The molecule has 0 aliphatic heterocycles. The zero-order chi connectivity index (χ0) is 13.0. The molecule has 0 heterocycles. The van der Waals surface area contributed by atoms with E-state index in [0.717, 1.165) is 11.8 Å². The fourth-order valence-electron chi connectivity index (χ4n) is 1.60. The van der Waals surface area contributed by atoms with Gasteiger partial charge >= 0.3 is 0 Å². The molecule has 0 fully saturated rings. The fourth-order valence-corrected chi connectivity index (χ4v) is 1.60. The van der Waals surface area contributed by atoms with Crippen LogP contribution in [0.1, 0.15) is 80.1 Å². The van der Waals surface area contributed by atoms with E-state index in [4.69, 9.17) is 0 Å². The van der Waals surface area contributed by atoms with Crippen molar-refractivity contribution < 1.29 is 0 Å². The molecule has 2 atom stereocenters. The van der Waals surface area contributed by atoms with E-state index in [0.29, 0.717) is 0 Å². The molecular formula is C16H34. The van der Waals surface area contributed by atoms with Gasteiger partial charge in [-0.1, -0.05) is 73.0 Å². The van der Waals surface area contributed by atoms with Gasteiger partial charge in [0, 0.05) is 0 Å². The fraction of sp³-hybridized carbons (Fsp3) is 0.875. The minimum absolute atomic E-state index is 0.735. The third-order valence-electron chi connectivity index (χ3n) is 3.34. The maximum absolute atomic E-state index is 4.21. The highest BCUT2D eigenvalue weighted by atomic mass is 14.1. The van der Waals surface area contributed by atoms with E-state index in [2.05, 4.69) is 34.3 Å². The average Bonchev–Trinajstić information content (AvgIpc) is 2.34. The Morgan fingerprint density at radius 1 is 1.06 bits per heavy atom. The number of allylic oxidation sites excluding steroid dienone is 1. The minimum atomic E-state index is 0.735. The largest absolute Gasteiger partial charge is 0.0996 e. The molecule has 98 valence electrons. The van der Waals surface area contributed by atoms with Crippen LogP contribution in [0.2, 0.25) is 0 Å². The van der Waals surface area contributed by atoms with Gasteiger partial charge in [-0.2, -0.15) is 0 Å². The number of unbranched alkanes of at least 4 members (excludes halogenated alkanes) is 1. The maximum Gasteiger partial charge on any atom is -0.0234 e. The van der Waals surface area contributed by atoms with E-state index in [9.17, 15) is 0 Å². The molecular weight excluding hydrogens is 192 g/mol. The van der Waals surface area contributed by atoms with E-state index in [1.54, 1.807) is 0 Å². The van der Waals surface area contributed by atoms with Crippen LogP contribution in [0.3, 0.4) is 0 Å². The van der Waals surface area contributed by atoms with E-state index in [1.165, 1.54) is 44.1 Å². The normalized spacial score (nSPS) is 13.6. The summed E-state index contributed by atoms with van der Waals surface area (Å²) in [6, 6.07) is 0. The lowest BCUT2D eigenvalue weighted by molar-refractivity contribution is 0.484. The molecule has 0 saturated heterocycles. The molecule has 0 rings (SSSR count). The lowest BCUT2D eigenvalue weighted by Gasteiger charge is -2.16. The van der Waals surface area contributed by atoms with Gasteiger partial charge in [0.1, 0.15) is 0 Å². The Hall–Kier alpha value is -0.260. The van der Waals surface area contributed by atoms with Crippen molar-refractivity contribution in [2.45, 2.75) is 80.1 Å². The van der Waals surface area contributed by atoms with E-state index in [-0.39, 0.29) is 0 Å². The highest BCUT2D eigenvalue weighted by Crippen LogP contribution is 2.22. The highest BCUT2D eigenvalue weighted by Gasteiger charge is 2.07. The standard InChI is InChI=1S/C14H28.C2H6/c1-6-8-9-13(4)14(5)11-10-12(3)7-2;1-2/h12-13H,5-11H2,1-4H3;1-2H3. The Labute approximate surface area is 105 Å². The first-order valence-electron chi connectivity index (χ1n) is 7.29. The van der Waals surface area contributed by atoms with Gasteiger partial charge in [0.15, 0.2) is 0 Å². The quantitative estimate of drug-likeness (QED) is 0.431. The van der Waals surface area contributed by atoms with Gasteiger partial charge in [0.25, 0.3) is 0 Å². The molecule has 2 unspecified atom stereocenters. The molecule has 0 amide bonds. The van der Waals surface area contributed by atoms with Crippen LogP contribution in [-0.4, -0.2) is 0 Å². The van der Waals surface area contributed by atoms with Crippen molar-refractivity contribution in [3.05, 3.63) is 12.2 Å². The monoisotopic (exact) mass is 226 g/mol.